The summed E-state index contributed by atoms with van der Waals surface area (Å²) in [6.07, 6.45) is 0. The lowest BCUT2D eigenvalue weighted by molar-refractivity contribution is -0.151. The molecule has 1 unspecified atom stereocenters. The molecule has 0 aliphatic heterocycles. The van der Waals surface area contributed by atoms with E-state index < -0.39 is 29.6 Å². The third kappa shape index (κ3) is 3.27. The van der Waals surface area contributed by atoms with Gasteiger partial charge in [-0.15, -0.1) is 0 Å². The monoisotopic (exact) mass is 271 g/mol. The summed E-state index contributed by atoms with van der Waals surface area (Å²) in [5, 5.41) is 9.24. The van der Waals surface area contributed by atoms with E-state index in [1.54, 1.807) is 13.8 Å². The van der Waals surface area contributed by atoms with E-state index in [1.165, 1.54) is 6.92 Å². The number of aliphatic carboxylic acids is 1. The zero-order chi connectivity index (χ0) is 14.7. The van der Waals surface area contributed by atoms with Crippen molar-refractivity contribution in [1.29, 1.82) is 0 Å². The Bertz CT molecular complexity index is 503. The first kappa shape index (κ1) is 15.1. The van der Waals surface area contributed by atoms with Gasteiger partial charge in [0.15, 0.2) is 17.7 Å². The number of amides is 1. The summed E-state index contributed by atoms with van der Waals surface area (Å²) >= 11 is 0. The maximum Gasteiger partial charge on any atom is 0.331 e. The van der Waals surface area contributed by atoms with E-state index in [0.717, 1.165) is 23.1 Å². The molecule has 1 rings (SSSR count). The molecule has 0 bridgehead atoms. The summed E-state index contributed by atoms with van der Waals surface area (Å²) < 4.78 is 26.1. The van der Waals surface area contributed by atoms with Crippen molar-refractivity contribution in [1.82, 2.24) is 4.90 Å². The van der Waals surface area contributed by atoms with Crippen LogP contribution in [0.15, 0.2) is 18.2 Å². The standard InChI is InChI=1S/C13H15F2NO3/c1-7(2)16(8(3)17)12(13(18)19)9-4-5-10(14)11(15)6-9/h4-7,12H,1-3H3,(H,18,19). The molecule has 0 saturated heterocycles. The summed E-state index contributed by atoms with van der Waals surface area (Å²) in [4.78, 5) is 24.0. The Hall–Kier alpha value is -1.98. The average Bonchev–Trinajstić information content (AvgIpc) is 2.28. The van der Waals surface area contributed by atoms with E-state index in [4.69, 9.17) is 0 Å². The molecule has 104 valence electrons. The normalized spacial score (nSPS) is 12.3. The third-order valence-electron chi connectivity index (χ3n) is 2.69. The van der Waals surface area contributed by atoms with Gasteiger partial charge in [-0.2, -0.15) is 0 Å². The number of hydrogen-bond donors (Lipinski definition) is 1. The highest BCUT2D eigenvalue weighted by Crippen LogP contribution is 2.25. The van der Waals surface area contributed by atoms with E-state index >= 15 is 0 Å². The zero-order valence-electron chi connectivity index (χ0n) is 10.9. The molecule has 6 heteroatoms. The fourth-order valence-corrected chi connectivity index (χ4v) is 1.95. The Morgan fingerprint density at radius 2 is 1.79 bits per heavy atom. The highest BCUT2D eigenvalue weighted by molar-refractivity contribution is 5.83. The van der Waals surface area contributed by atoms with Crippen LogP contribution in [0.2, 0.25) is 0 Å². The Balaban J connectivity index is 3.30. The lowest BCUT2D eigenvalue weighted by atomic mass is 10.0. The number of hydrogen-bond acceptors (Lipinski definition) is 2. The Labute approximate surface area is 109 Å². The molecular weight excluding hydrogens is 256 g/mol. The van der Waals surface area contributed by atoms with E-state index in [0.29, 0.717) is 0 Å². The van der Waals surface area contributed by atoms with Crippen molar-refractivity contribution in [2.75, 3.05) is 0 Å². The second kappa shape index (κ2) is 5.77. The number of carbonyl (C=O) groups is 2. The Morgan fingerprint density at radius 3 is 2.16 bits per heavy atom. The number of benzene rings is 1. The molecule has 0 saturated carbocycles. The highest BCUT2D eigenvalue weighted by Gasteiger charge is 2.31. The van der Waals surface area contributed by atoms with Crippen molar-refractivity contribution in [2.24, 2.45) is 0 Å². The summed E-state index contributed by atoms with van der Waals surface area (Å²) in [6.45, 7) is 4.53. The number of carbonyl (C=O) groups excluding carboxylic acids is 1. The van der Waals surface area contributed by atoms with Gasteiger partial charge in [-0.3, -0.25) is 4.79 Å². The van der Waals surface area contributed by atoms with Gasteiger partial charge in [0.1, 0.15) is 0 Å². The summed E-state index contributed by atoms with van der Waals surface area (Å²) in [6, 6.07) is 1.08. The SMILES string of the molecule is CC(=O)N(C(C)C)C(C(=O)O)c1ccc(F)c(F)c1. The minimum atomic E-state index is -1.34. The first-order valence-corrected chi connectivity index (χ1v) is 5.72. The van der Waals surface area contributed by atoms with Gasteiger partial charge in [-0.05, 0) is 31.5 Å². The maximum absolute atomic E-state index is 13.2. The molecule has 0 fully saturated rings. The van der Waals surface area contributed by atoms with Gasteiger partial charge < -0.3 is 10.0 Å². The molecule has 1 aromatic carbocycles. The van der Waals surface area contributed by atoms with Gasteiger partial charge in [-0.25, -0.2) is 13.6 Å². The van der Waals surface area contributed by atoms with Crippen LogP contribution in [0.25, 0.3) is 0 Å². The largest absolute Gasteiger partial charge is 0.479 e. The minimum Gasteiger partial charge on any atom is -0.479 e. The predicted octanol–water partition coefficient (Wildman–Crippen LogP) is 2.35. The van der Waals surface area contributed by atoms with Crippen molar-refractivity contribution in [3.05, 3.63) is 35.4 Å². The first-order chi connectivity index (χ1) is 8.75. The number of nitrogens with zero attached hydrogens (tertiary/aromatic N) is 1. The molecule has 0 radical (unpaired) electrons. The average molecular weight is 271 g/mol. The van der Waals surface area contributed by atoms with Crippen LogP contribution >= 0.6 is 0 Å². The number of rotatable bonds is 4. The summed E-state index contributed by atoms with van der Waals surface area (Å²) in [5.74, 6) is -3.95. The van der Waals surface area contributed by atoms with Crippen LogP contribution in [0, 0.1) is 11.6 Å². The molecule has 1 aromatic rings. The Morgan fingerprint density at radius 1 is 1.21 bits per heavy atom. The van der Waals surface area contributed by atoms with E-state index in [1.807, 2.05) is 0 Å². The number of carboxylic acid groups (broad SMARTS) is 1. The zero-order valence-corrected chi connectivity index (χ0v) is 10.9. The molecule has 1 atom stereocenters. The third-order valence-corrected chi connectivity index (χ3v) is 2.69. The molecule has 0 spiro atoms. The molecular formula is C13H15F2NO3. The summed E-state index contributed by atoms with van der Waals surface area (Å²) in [7, 11) is 0. The number of halogens is 2. The van der Waals surface area contributed by atoms with Crippen molar-refractivity contribution in [2.45, 2.75) is 32.9 Å². The van der Waals surface area contributed by atoms with Crippen molar-refractivity contribution >= 4 is 11.9 Å². The van der Waals surface area contributed by atoms with Crippen LogP contribution < -0.4 is 0 Å². The molecule has 4 nitrogen and oxygen atoms in total. The minimum absolute atomic E-state index is 0.0234. The van der Waals surface area contributed by atoms with E-state index in [9.17, 15) is 23.5 Å². The second-order valence-corrected chi connectivity index (χ2v) is 4.43. The van der Waals surface area contributed by atoms with Crippen molar-refractivity contribution < 1.29 is 23.5 Å². The Kier molecular flexibility index (Phi) is 4.58. The van der Waals surface area contributed by atoms with E-state index in [-0.39, 0.29) is 11.6 Å². The fraction of sp³-hybridized carbons (Fsp3) is 0.385. The predicted molar refractivity (Wildman–Crippen MR) is 64.4 cm³/mol. The molecule has 1 amide bonds. The lowest BCUT2D eigenvalue weighted by Gasteiger charge is -2.31. The second-order valence-electron chi connectivity index (χ2n) is 4.43. The lowest BCUT2D eigenvalue weighted by Crippen LogP contribution is -2.42. The van der Waals surface area contributed by atoms with Gasteiger partial charge in [0, 0.05) is 13.0 Å². The topological polar surface area (TPSA) is 57.6 Å². The number of carboxylic acids is 1. The smallest absolute Gasteiger partial charge is 0.331 e. The van der Waals surface area contributed by atoms with E-state index in [2.05, 4.69) is 0 Å². The summed E-state index contributed by atoms with van der Waals surface area (Å²) in [5.41, 5.74) is 0.0234. The van der Waals surface area contributed by atoms with Crippen LogP contribution in [-0.4, -0.2) is 27.9 Å². The van der Waals surface area contributed by atoms with Gasteiger partial charge in [0.05, 0.1) is 0 Å². The molecule has 0 aliphatic carbocycles. The van der Waals surface area contributed by atoms with Crippen LogP contribution in [-0.2, 0) is 9.59 Å². The molecule has 19 heavy (non-hydrogen) atoms. The van der Waals surface area contributed by atoms with Crippen LogP contribution in [0.4, 0.5) is 8.78 Å². The van der Waals surface area contributed by atoms with Gasteiger partial charge in [0.2, 0.25) is 5.91 Å². The van der Waals surface area contributed by atoms with Crippen LogP contribution in [0.5, 0.6) is 0 Å². The van der Waals surface area contributed by atoms with Gasteiger partial charge >= 0.3 is 5.97 Å². The van der Waals surface area contributed by atoms with Crippen molar-refractivity contribution in [3.63, 3.8) is 0 Å². The van der Waals surface area contributed by atoms with Gasteiger partial charge in [-0.1, -0.05) is 6.07 Å². The first-order valence-electron chi connectivity index (χ1n) is 5.72. The van der Waals surface area contributed by atoms with Crippen LogP contribution in [0.1, 0.15) is 32.4 Å². The quantitative estimate of drug-likeness (QED) is 0.914. The molecule has 0 aliphatic rings. The van der Waals surface area contributed by atoms with Crippen molar-refractivity contribution in [3.8, 4) is 0 Å². The fourth-order valence-electron chi connectivity index (χ4n) is 1.95. The molecule has 0 aromatic heterocycles. The van der Waals surface area contributed by atoms with Gasteiger partial charge in [0.25, 0.3) is 0 Å². The van der Waals surface area contributed by atoms with Crippen LogP contribution in [0.3, 0.4) is 0 Å². The molecule has 0 heterocycles. The highest BCUT2D eigenvalue weighted by atomic mass is 19.2. The maximum atomic E-state index is 13.2. The molecule has 1 N–H and O–H groups in total.